The van der Waals surface area contributed by atoms with Crippen molar-refractivity contribution >= 4 is 11.9 Å². The van der Waals surface area contributed by atoms with Crippen molar-refractivity contribution in [3.63, 3.8) is 0 Å². The van der Waals surface area contributed by atoms with Crippen molar-refractivity contribution in [2.24, 2.45) is 4.99 Å². The first-order valence-electron chi connectivity index (χ1n) is 10.1. The fourth-order valence-electron chi connectivity index (χ4n) is 2.92. The minimum Gasteiger partial charge on any atom is -0.357 e. The molecule has 3 N–H and O–H groups in total. The molecule has 150 valence electrons. The maximum atomic E-state index is 11.7. The van der Waals surface area contributed by atoms with E-state index in [1.54, 1.807) is 7.05 Å². The van der Waals surface area contributed by atoms with E-state index in [4.69, 9.17) is 0 Å². The van der Waals surface area contributed by atoms with Crippen LogP contribution in [0.5, 0.6) is 0 Å². The average Bonchev–Trinajstić information content (AvgIpc) is 2.74. The molecule has 1 amide bonds. The molecular formula is C23H32N4O. The van der Waals surface area contributed by atoms with E-state index in [9.17, 15) is 4.79 Å². The van der Waals surface area contributed by atoms with Gasteiger partial charge in [0.2, 0.25) is 0 Å². The lowest BCUT2D eigenvalue weighted by Gasteiger charge is -2.12. The van der Waals surface area contributed by atoms with E-state index in [2.05, 4.69) is 59.1 Å². The molecule has 0 spiro atoms. The number of carbonyl (C=O) groups is 1. The number of amides is 1. The Kier molecular flexibility index (Phi) is 9.05. The zero-order valence-electron chi connectivity index (χ0n) is 17.2. The molecule has 0 unspecified atom stereocenters. The molecule has 0 bridgehead atoms. The molecule has 5 heteroatoms. The van der Waals surface area contributed by atoms with Crippen LogP contribution in [0.2, 0.25) is 0 Å². The van der Waals surface area contributed by atoms with E-state index in [1.807, 2.05) is 24.3 Å². The van der Waals surface area contributed by atoms with Crippen LogP contribution in [0.1, 0.15) is 40.9 Å². The van der Waals surface area contributed by atoms with Crippen LogP contribution in [-0.4, -0.2) is 38.5 Å². The summed E-state index contributed by atoms with van der Waals surface area (Å²) in [6, 6.07) is 16.5. The third-order valence-electron chi connectivity index (χ3n) is 4.57. The summed E-state index contributed by atoms with van der Waals surface area (Å²) in [6.07, 6.45) is 2.82. The molecule has 0 atom stereocenters. The standard InChI is InChI=1S/C23H32N4O/c1-4-18-9-11-19(12-10-18)13-15-26-23(25-5-2)27-16-14-20-7-6-8-21(17-20)22(28)24-3/h6-12,17H,4-5,13-16H2,1-3H3,(H,24,28)(H2,25,26,27). The van der Waals surface area contributed by atoms with Gasteiger partial charge in [-0.2, -0.15) is 0 Å². The normalized spacial score (nSPS) is 11.2. The number of aliphatic imine (C=N–C) groups is 1. The van der Waals surface area contributed by atoms with Gasteiger partial charge in [0.25, 0.3) is 5.91 Å². The van der Waals surface area contributed by atoms with Crippen LogP contribution in [0.3, 0.4) is 0 Å². The number of guanidine groups is 1. The van der Waals surface area contributed by atoms with E-state index in [0.717, 1.165) is 50.4 Å². The molecule has 0 aromatic heterocycles. The van der Waals surface area contributed by atoms with Crippen LogP contribution in [0, 0.1) is 0 Å². The van der Waals surface area contributed by atoms with Crippen LogP contribution in [0.4, 0.5) is 0 Å². The molecule has 0 radical (unpaired) electrons. The third-order valence-corrected chi connectivity index (χ3v) is 4.57. The monoisotopic (exact) mass is 380 g/mol. The molecule has 0 fully saturated rings. The van der Waals surface area contributed by atoms with Gasteiger partial charge in [-0.05, 0) is 55.0 Å². The summed E-state index contributed by atoms with van der Waals surface area (Å²) in [4.78, 5) is 16.4. The predicted octanol–water partition coefficient (Wildman–Crippen LogP) is 2.95. The van der Waals surface area contributed by atoms with E-state index >= 15 is 0 Å². The van der Waals surface area contributed by atoms with Crippen LogP contribution >= 0.6 is 0 Å². The van der Waals surface area contributed by atoms with E-state index < -0.39 is 0 Å². The number of hydrogen-bond acceptors (Lipinski definition) is 2. The number of hydrogen-bond donors (Lipinski definition) is 3. The Bertz CT molecular complexity index is 768. The van der Waals surface area contributed by atoms with Gasteiger partial charge in [-0.3, -0.25) is 9.79 Å². The Morgan fingerprint density at radius 2 is 1.68 bits per heavy atom. The summed E-state index contributed by atoms with van der Waals surface area (Å²) >= 11 is 0. The fourth-order valence-corrected chi connectivity index (χ4v) is 2.92. The first-order valence-corrected chi connectivity index (χ1v) is 10.1. The summed E-state index contributed by atoms with van der Waals surface area (Å²) < 4.78 is 0. The highest BCUT2D eigenvalue weighted by Crippen LogP contribution is 2.07. The lowest BCUT2D eigenvalue weighted by atomic mass is 10.1. The van der Waals surface area contributed by atoms with Crippen molar-refractivity contribution in [1.82, 2.24) is 16.0 Å². The van der Waals surface area contributed by atoms with Crippen LogP contribution in [0.15, 0.2) is 53.5 Å². The number of rotatable bonds is 9. The van der Waals surface area contributed by atoms with Crippen molar-refractivity contribution in [2.75, 3.05) is 26.7 Å². The summed E-state index contributed by atoms with van der Waals surface area (Å²) in [5.41, 5.74) is 4.49. The van der Waals surface area contributed by atoms with Gasteiger partial charge < -0.3 is 16.0 Å². The Hall–Kier alpha value is -2.82. The van der Waals surface area contributed by atoms with Crippen molar-refractivity contribution in [2.45, 2.75) is 33.1 Å². The number of benzene rings is 2. The lowest BCUT2D eigenvalue weighted by molar-refractivity contribution is 0.0963. The molecule has 2 aromatic carbocycles. The van der Waals surface area contributed by atoms with Crippen LogP contribution in [-0.2, 0) is 19.3 Å². The number of carbonyl (C=O) groups excluding carboxylic acids is 1. The Morgan fingerprint density at radius 3 is 2.36 bits per heavy atom. The second kappa shape index (κ2) is 11.8. The van der Waals surface area contributed by atoms with Crippen molar-refractivity contribution in [1.29, 1.82) is 0 Å². The molecule has 0 aliphatic heterocycles. The van der Waals surface area contributed by atoms with Crippen molar-refractivity contribution < 1.29 is 4.79 Å². The maximum absolute atomic E-state index is 11.7. The molecule has 2 aromatic rings. The predicted molar refractivity (Wildman–Crippen MR) is 117 cm³/mol. The fraction of sp³-hybridized carbons (Fsp3) is 0.391. The second-order valence-electron chi connectivity index (χ2n) is 6.64. The second-order valence-corrected chi connectivity index (χ2v) is 6.64. The summed E-state index contributed by atoms with van der Waals surface area (Å²) in [5.74, 6) is 0.770. The highest BCUT2D eigenvalue weighted by molar-refractivity contribution is 5.94. The number of nitrogens with zero attached hydrogens (tertiary/aromatic N) is 1. The average molecular weight is 381 g/mol. The topological polar surface area (TPSA) is 65.5 Å². The first kappa shape index (κ1) is 21.5. The quantitative estimate of drug-likeness (QED) is 0.463. The van der Waals surface area contributed by atoms with E-state index in [-0.39, 0.29) is 5.91 Å². The van der Waals surface area contributed by atoms with Crippen LogP contribution in [0.25, 0.3) is 0 Å². The van der Waals surface area contributed by atoms with Gasteiger partial charge in [-0.15, -0.1) is 0 Å². The minimum absolute atomic E-state index is 0.0586. The van der Waals surface area contributed by atoms with Gasteiger partial charge in [0, 0.05) is 32.2 Å². The zero-order chi connectivity index (χ0) is 20.2. The van der Waals surface area contributed by atoms with Gasteiger partial charge in [-0.1, -0.05) is 43.3 Å². The first-order chi connectivity index (χ1) is 13.7. The van der Waals surface area contributed by atoms with Gasteiger partial charge in [0.05, 0.1) is 0 Å². The Balaban J connectivity index is 1.84. The largest absolute Gasteiger partial charge is 0.357 e. The van der Waals surface area contributed by atoms with Gasteiger partial charge in [0.15, 0.2) is 5.96 Å². The summed E-state index contributed by atoms with van der Waals surface area (Å²) in [7, 11) is 1.65. The zero-order valence-corrected chi connectivity index (χ0v) is 17.2. The molecule has 0 saturated carbocycles. The van der Waals surface area contributed by atoms with E-state index in [1.165, 1.54) is 11.1 Å². The number of aryl methyl sites for hydroxylation is 1. The smallest absolute Gasteiger partial charge is 0.251 e. The molecular weight excluding hydrogens is 348 g/mol. The lowest BCUT2D eigenvalue weighted by Crippen LogP contribution is -2.38. The molecule has 0 saturated heterocycles. The Labute approximate surface area is 168 Å². The molecule has 28 heavy (non-hydrogen) atoms. The van der Waals surface area contributed by atoms with Crippen molar-refractivity contribution in [3.8, 4) is 0 Å². The highest BCUT2D eigenvalue weighted by atomic mass is 16.1. The molecule has 0 aliphatic rings. The SMILES string of the molecule is CCNC(=NCCc1ccc(CC)cc1)NCCc1cccc(C(=O)NC)c1. The van der Waals surface area contributed by atoms with Gasteiger partial charge in [0.1, 0.15) is 0 Å². The van der Waals surface area contributed by atoms with Crippen molar-refractivity contribution in [3.05, 3.63) is 70.8 Å². The molecule has 0 aliphatic carbocycles. The minimum atomic E-state index is -0.0586. The third kappa shape index (κ3) is 7.06. The molecule has 5 nitrogen and oxygen atoms in total. The Morgan fingerprint density at radius 1 is 0.929 bits per heavy atom. The number of nitrogens with one attached hydrogen (secondary N) is 3. The summed E-state index contributed by atoms with van der Waals surface area (Å²) in [6.45, 7) is 6.56. The maximum Gasteiger partial charge on any atom is 0.251 e. The summed E-state index contributed by atoms with van der Waals surface area (Å²) in [5, 5.41) is 9.32. The molecule has 0 heterocycles. The highest BCUT2D eigenvalue weighted by Gasteiger charge is 2.04. The van der Waals surface area contributed by atoms with Crippen LogP contribution < -0.4 is 16.0 Å². The van der Waals surface area contributed by atoms with E-state index in [0.29, 0.717) is 5.56 Å². The van der Waals surface area contributed by atoms with Gasteiger partial charge >= 0.3 is 0 Å². The van der Waals surface area contributed by atoms with Gasteiger partial charge in [-0.25, -0.2) is 0 Å². The molecule has 2 rings (SSSR count).